The lowest BCUT2D eigenvalue weighted by molar-refractivity contribution is 0.0698. The highest BCUT2D eigenvalue weighted by molar-refractivity contribution is 5.95. The van der Waals surface area contributed by atoms with Gasteiger partial charge in [0, 0.05) is 12.1 Å². The molecule has 132 valence electrons. The maximum Gasteiger partial charge on any atom is 0.337 e. The van der Waals surface area contributed by atoms with E-state index in [1.807, 2.05) is 67.6 Å². The molecule has 0 fully saturated rings. The molecule has 0 amide bonds. The van der Waals surface area contributed by atoms with Gasteiger partial charge in [-0.3, -0.25) is 0 Å². The van der Waals surface area contributed by atoms with E-state index in [0.29, 0.717) is 18.8 Å². The maximum atomic E-state index is 11.4. The van der Waals surface area contributed by atoms with Gasteiger partial charge >= 0.3 is 5.97 Å². The first-order chi connectivity index (χ1) is 12.6. The Hall–Kier alpha value is -3.27. The summed E-state index contributed by atoms with van der Waals surface area (Å²) in [5.41, 5.74) is 3.88. The largest absolute Gasteiger partial charge is 0.489 e. The minimum atomic E-state index is -0.940. The average molecular weight is 347 g/mol. The van der Waals surface area contributed by atoms with E-state index >= 15 is 0 Å². The Labute approximate surface area is 153 Å². The zero-order valence-corrected chi connectivity index (χ0v) is 14.6. The van der Waals surface area contributed by atoms with Crippen molar-refractivity contribution in [3.63, 3.8) is 0 Å². The van der Waals surface area contributed by atoms with E-state index in [9.17, 15) is 9.90 Å². The van der Waals surface area contributed by atoms with Crippen molar-refractivity contribution in [1.29, 1.82) is 0 Å². The van der Waals surface area contributed by atoms with Gasteiger partial charge in [0.05, 0.1) is 11.3 Å². The second kappa shape index (κ2) is 8.21. The predicted octanol–water partition coefficient (Wildman–Crippen LogP) is 4.88. The summed E-state index contributed by atoms with van der Waals surface area (Å²) < 4.78 is 5.96. The van der Waals surface area contributed by atoms with Gasteiger partial charge in [-0.2, -0.15) is 0 Å². The van der Waals surface area contributed by atoms with Crippen molar-refractivity contribution in [2.75, 3.05) is 5.32 Å². The van der Waals surface area contributed by atoms with E-state index in [4.69, 9.17) is 4.74 Å². The van der Waals surface area contributed by atoms with Crippen LogP contribution in [0.5, 0.6) is 5.75 Å². The number of nitrogens with one attached hydrogen (secondary N) is 1. The van der Waals surface area contributed by atoms with Crippen LogP contribution in [0.1, 0.15) is 27.0 Å². The lowest BCUT2D eigenvalue weighted by Gasteiger charge is -2.15. The fourth-order valence-corrected chi connectivity index (χ4v) is 2.79. The van der Waals surface area contributed by atoms with Crippen molar-refractivity contribution in [3.05, 3.63) is 95.1 Å². The smallest absolute Gasteiger partial charge is 0.337 e. The first-order valence-corrected chi connectivity index (χ1v) is 8.46. The molecule has 0 spiro atoms. The minimum Gasteiger partial charge on any atom is -0.489 e. The molecule has 0 aromatic heterocycles. The van der Waals surface area contributed by atoms with Gasteiger partial charge in [-0.1, -0.05) is 60.7 Å². The molecule has 0 aliphatic rings. The third kappa shape index (κ3) is 4.22. The normalized spacial score (nSPS) is 10.3. The van der Waals surface area contributed by atoms with E-state index in [1.165, 1.54) is 0 Å². The number of anilines is 1. The van der Waals surface area contributed by atoms with Crippen molar-refractivity contribution < 1.29 is 14.6 Å². The topological polar surface area (TPSA) is 58.6 Å². The number of carbonyl (C=O) groups is 1. The maximum absolute atomic E-state index is 11.4. The molecule has 0 aliphatic heterocycles. The van der Waals surface area contributed by atoms with Crippen LogP contribution in [0.25, 0.3) is 0 Å². The second-order valence-corrected chi connectivity index (χ2v) is 6.04. The molecule has 0 radical (unpaired) electrons. The molecule has 0 bridgehead atoms. The number of hydrogen-bond acceptors (Lipinski definition) is 3. The van der Waals surface area contributed by atoms with Gasteiger partial charge in [0.2, 0.25) is 0 Å². The van der Waals surface area contributed by atoms with Crippen LogP contribution in [-0.2, 0) is 13.2 Å². The first kappa shape index (κ1) is 17.5. The number of carboxylic acids is 1. The fraction of sp³-hybridized carbons (Fsp3) is 0.136. The van der Waals surface area contributed by atoms with Crippen molar-refractivity contribution in [2.45, 2.75) is 20.1 Å². The molecule has 0 unspecified atom stereocenters. The van der Waals surface area contributed by atoms with E-state index in [-0.39, 0.29) is 5.56 Å². The number of aryl methyl sites for hydroxylation is 1. The molecule has 26 heavy (non-hydrogen) atoms. The Morgan fingerprint density at radius 1 is 0.962 bits per heavy atom. The molecule has 0 aliphatic carbocycles. The molecule has 0 saturated heterocycles. The van der Waals surface area contributed by atoms with Gasteiger partial charge in [-0.15, -0.1) is 0 Å². The molecule has 0 saturated carbocycles. The number of carboxylic acid groups (broad SMARTS) is 1. The quantitative estimate of drug-likeness (QED) is 0.639. The van der Waals surface area contributed by atoms with Crippen molar-refractivity contribution >= 4 is 11.7 Å². The minimum absolute atomic E-state index is 0.271. The van der Waals surface area contributed by atoms with Gasteiger partial charge in [0.25, 0.3) is 0 Å². The standard InChI is InChI=1S/C22H21NO3/c1-16-8-7-12-19(22(24)25)21(16)23-14-18-11-5-6-13-20(18)26-15-17-9-3-2-4-10-17/h2-13,23H,14-15H2,1H3,(H,24,25). The lowest BCUT2D eigenvalue weighted by atomic mass is 10.1. The van der Waals surface area contributed by atoms with E-state index in [1.54, 1.807) is 12.1 Å². The Morgan fingerprint density at radius 2 is 1.69 bits per heavy atom. The number of ether oxygens (including phenoxy) is 1. The molecule has 3 aromatic rings. The van der Waals surface area contributed by atoms with Crippen molar-refractivity contribution in [3.8, 4) is 5.75 Å². The third-order valence-corrected chi connectivity index (χ3v) is 4.17. The highest BCUT2D eigenvalue weighted by Gasteiger charge is 2.12. The summed E-state index contributed by atoms with van der Waals surface area (Å²) >= 11 is 0. The van der Waals surface area contributed by atoms with Crippen LogP contribution in [0, 0.1) is 6.92 Å². The summed E-state index contributed by atoms with van der Waals surface area (Å²) in [7, 11) is 0. The fourth-order valence-electron chi connectivity index (χ4n) is 2.79. The lowest BCUT2D eigenvalue weighted by Crippen LogP contribution is -2.09. The van der Waals surface area contributed by atoms with E-state index in [2.05, 4.69) is 5.32 Å². The summed E-state index contributed by atoms with van der Waals surface area (Å²) in [6, 6.07) is 23.0. The molecule has 3 aromatic carbocycles. The Morgan fingerprint density at radius 3 is 2.46 bits per heavy atom. The van der Waals surface area contributed by atoms with Gasteiger partial charge in [0.1, 0.15) is 12.4 Å². The number of hydrogen-bond donors (Lipinski definition) is 2. The molecular formula is C22H21NO3. The Balaban J connectivity index is 1.74. The zero-order chi connectivity index (χ0) is 18.4. The van der Waals surface area contributed by atoms with Crippen LogP contribution in [0.3, 0.4) is 0 Å². The zero-order valence-electron chi connectivity index (χ0n) is 14.6. The van der Waals surface area contributed by atoms with Gasteiger partial charge < -0.3 is 15.2 Å². The van der Waals surface area contributed by atoms with Crippen LogP contribution >= 0.6 is 0 Å². The summed E-state index contributed by atoms with van der Waals surface area (Å²) in [5.74, 6) is -0.154. The SMILES string of the molecule is Cc1cccc(C(=O)O)c1NCc1ccccc1OCc1ccccc1. The van der Waals surface area contributed by atoms with Crippen LogP contribution < -0.4 is 10.1 Å². The summed E-state index contributed by atoms with van der Waals surface area (Å²) in [6.45, 7) is 2.87. The molecule has 0 heterocycles. The van der Waals surface area contributed by atoms with Crippen LogP contribution in [0.15, 0.2) is 72.8 Å². The molecular weight excluding hydrogens is 326 g/mol. The number of para-hydroxylation sites is 2. The molecule has 4 heteroatoms. The van der Waals surface area contributed by atoms with Gasteiger partial charge in [-0.05, 0) is 30.2 Å². The van der Waals surface area contributed by atoms with Crippen molar-refractivity contribution in [1.82, 2.24) is 0 Å². The number of benzene rings is 3. The summed E-state index contributed by atoms with van der Waals surface area (Å²) in [6.07, 6.45) is 0. The first-order valence-electron chi connectivity index (χ1n) is 8.46. The monoisotopic (exact) mass is 347 g/mol. The molecule has 0 atom stereocenters. The van der Waals surface area contributed by atoms with Crippen molar-refractivity contribution in [2.24, 2.45) is 0 Å². The number of aromatic carboxylic acids is 1. The Bertz CT molecular complexity index is 891. The van der Waals surface area contributed by atoms with E-state index < -0.39 is 5.97 Å². The average Bonchev–Trinajstić information content (AvgIpc) is 2.66. The molecule has 4 nitrogen and oxygen atoms in total. The highest BCUT2D eigenvalue weighted by atomic mass is 16.5. The van der Waals surface area contributed by atoms with Crippen LogP contribution in [0.2, 0.25) is 0 Å². The molecule has 2 N–H and O–H groups in total. The van der Waals surface area contributed by atoms with Gasteiger partial charge in [0.15, 0.2) is 0 Å². The second-order valence-electron chi connectivity index (χ2n) is 6.04. The van der Waals surface area contributed by atoms with E-state index in [0.717, 1.165) is 22.4 Å². The van der Waals surface area contributed by atoms with Crippen LogP contribution in [-0.4, -0.2) is 11.1 Å². The highest BCUT2D eigenvalue weighted by Crippen LogP contribution is 2.24. The Kier molecular flexibility index (Phi) is 5.54. The van der Waals surface area contributed by atoms with Crippen LogP contribution in [0.4, 0.5) is 5.69 Å². The molecule has 3 rings (SSSR count). The third-order valence-electron chi connectivity index (χ3n) is 4.17. The number of rotatable bonds is 7. The predicted molar refractivity (Wildman–Crippen MR) is 103 cm³/mol. The van der Waals surface area contributed by atoms with Gasteiger partial charge in [-0.25, -0.2) is 4.79 Å². The summed E-state index contributed by atoms with van der Waals surface area (Å²) in [5, 5.41) is 12.6. The summed E-state index contributed by atoms with van der Waals surface area (Å²) in [4.78, 5) is 11.4.